The summed E-state index contributed by atoms with van der Waals surface area (Å²) in [6, 6.07) is 0. The van der Waals surface area contributed by atoms with Crippen molar-refractivity contribution in [2.75, 3.05) is 19.8 Å². The van der Waals surface area contributed by atoms with Gasteiger partial charge in [0.05, 0.1) is 6.61 Å². The van der Waals surface area contributed by atoms with Crippen LogP contribution in [0.2, 0.25) is 0 Å². The van der Waals surface area contributed by atoms with Gasteiger partial charge in [0.25, 0.3) is 0 Å². The molecule has 64 valence electrons. The molecule has 0 aromatic carbocycles. The highest BCUT2D eigenvalue weighted by molar-refractivity contribution is 5.65. The van der Waals surface area contributed by atoms with Crippen molar-refractivity contribution >= 4 is 5.97 Å². The fraction of sp³-hybridized carbons (Fsp3) is 0.857. The molecular weight excluding hydrogens is 151 g/mol. The third kappa shape index (κ3) is 2.46. The molecule has 0 aliphatic carbocycles. The van der Waals surface area contributed by atoms with E-state index in [0.717, 1.165) is 0 Å². The van der Waals surface area contributed by atoms with Crippen LogP contribution in [-0.2, 0) is 14.3 Å². The van der Waals surface area contributed by atoms with Crippen molar-refractivity contribution in [3.05, 3.63) is 0 Å². The molecule has 1 unspecified atom stereocenters. The average molecular weight is 162 g/mol. The highest BCUT2D eigenvalue weighted by Gasteiger charge is 2.35. The molecule has 0 amide bonds. The zero-order valence-electron chi connectivity index (χ0n) is 6.43. The third-order valence-corrected chi connectivity index (χ3v) is 1.59. The summed E-state index contributed by atoms with van der Waals surface area (Å²) in [6.45, 7) is 1.54. The summed E-state index contributed by atoms with van der Waals surface area (Å²) >= 11 is 0. The maximum atomic E-state index is 13.3. The van der Waals surface area contributed by atoms with Crippen LogP contribution in [0.5, 0.6) is 0 Å². The maximum absolute atomic E-state index is 13.3. The minimum absolute atomic E-state index is 0.0419. The zero-order valence-corrected chi connectivity index (χ0v) is 6.43. The topological polar surface area (TPSA) is 35.5 Å². The Morgan fingerprint density at radius 2 is 2.55 bits per heavy atom. The van der Waals surface area contributed by atoms with Crippen molar-refractivity contribution in [3.63, 3.8) is 0 Å². The Hall–Kier alpha value is -0.640. The lowest BCUT2D eigenvalue weighted by atomic mass is 10.1. The fourth-order valence-corrected chi connectivity index (χ4v) is 0.927. The first kappa shape index (κ1) is 8.46. The Labute approximate surface area is 64.5 Å². The van der Waals surface area contributed by atoms with E-state index in [-0.39, 0.29) is 13.2 Å². The molecule has 0 aromatic heterocycles. The fourth-order valence-electron chi connectivity index (χ4n) is 0.927. The van der Waals surface area contributed by atoms with Gasteiger partial charge in [-0.05, 0) is 0 Å². The predicted molar refractivity (Wildman–Crippen MR) is 35.9 cm³/mol. The van der Waals surface area contributed by atoms with E-state index in [0.29, 0.717) is 13.0 Å². The summed E-state index contributed by atoms with van der Waals surface area (Å²) in [4.78, 5) is 10.3. The predicted octanol–water partition coefficient (Wildman–Crippen LogP) is 0.678. The molecule has 0 bridgehead atoms. The summed E-state index contributed by atoms with van der Waals surface area (Å²) < 4.78 is 22.6. The molecule has 1 aliphatic heterocycles. The number of esters is 1. The van der Waals surface area contributed by atoms with Crippen LogP contribution in [0.25, 0.3) is 0 Å². The van der Waals surface area contributed by atoms with Crippen LogP contribution in [0.1, 0.15) is 13.3 Å². The molecule has 0 saturated carbocycles. The standard InChI is InChI=1S/C7H11FO3/c1-6(9)11-5-7(8)2-3-10-4-7/h2-5H2,1H3. The van der Waals surface area contributed by atoms with Gasteiger partial charge in [-0.2, -0.15) is 0 Å². The maximum Gasteiger partial charge on any atom is 0.302 e. The highest BCUT2D eigenvalue weighted by atomic mass is 19.1. The van der Waals surface area contributed by atoms with Crippen molar-refractivity contribution in [2.45, 2.75) is 19.0 Å². The largest absolute Gasteiger partial charge is 0.462 e. The monoisotopic (exact) mass is 162 g/mol. The van der Waals surface area contributed by atoms with Gasteiger partial charge in [0.15, 0.2) is 5.67 Å². The number of halogens is 1. The molecule has 0 spiro atoms. The van der Waals surface area contributed by atoms with Gasteiger partial charge < -0.3 is 9.47 Å². The van der Waals surface area contributed by atoms with E-state index in [1.165, 1.54) is 6.92 Å². The lowest BCUT2D eigenvalue weighted by Crippen LogP contribution is -2.30. The minimum atomic E-state index is -1.44. The van der Waals surface area contributed by atoms with Crippen molar-refractivity contribution < 1.29 is 18.7 Å². The Morgan fingerprint density at radius 1 is 1.82 bits per heavy atom. The van der Waals surface area contributed by atoms with Gasteiger partial charge in [-0.15, -0.1) is 0 Å². The molecule has 0 aromatic rings. The molecule has 3 nitrogen and oxygen atoms in total. The van der Waals surface area contributed by atoms with Gasteiger partial charge in [0.1, 0.15) is 6.61 Å². The van der Waals surface area contributed by atoms with E-state index in [4.69, 9.17) is 4.74 Å². The molecule has 1 rings (SSSR count). The molecule has 0 radical (unpaired) electrons. The second-order valence-electron chi connectivity index (χ2n) is 2.73. The van der Waals surface area contributed by atoms with Crippen molar-refractivity contribution in [1.82, 2.24) is 0 Å². The van der Waals surface area contributed by atoms with E-state index >= 15 is 0 Å². The van der Waals surface area contributed by atoms with Gasteiger partial charge in [0.2, 0.25) is 0 Å². The molecule has 1 aliphatic rings. The molecule has 1 saturated heterocycles. The lowest BCUT2D eigenvalue weighted by molar-refractivity contribution is -0.145. The molecular formula is C7H11FO3. The highest BCUT2D eigenvalue weighted by Crippen LogP contribution is 2.23. The number of carbonyl (C=O) groups is 1. The number of hydrogen-bond acceptors (Lipinski definition) is 3. The second-order valence-corrected chi connectivity index (χ2v) is 2.73. The third-order valence-electron chi connectivity index (χ3n) is 1.59. The lowest BCUT2D eigenvalue weighted by Gasteiger charge is -2.15. The second kappa shape index (κ2) is 3.17. The molecule has 0 N–H and O–H groups in total. The van der Waals surface area contributed by atoms with Gasteiger partial charge in [-0.3, -0.25) is 4.79 Å². The van der Waals surface area contributed by atoms with Crippen LogP contribution in [0, 0.1) is 0 Å². The number of hydrogen-bond donors (Lipinski definition) is 0. The van der Waals surface area contributed by atoms with E-state index < -0.39 is 11.6 Å². The Balaban J connectivity index is 2.28. The quantitative estimate of drug-likeness (QED) is 0.560. The average Bonchev–Trinajstić information content (AvgIpc) is 2.33. The molecule has 1 fully saturated rings. The molecule has 1 atom stereocenters. The Morgan fingerprint density at radius 3 is 3.00 bits per heavy atom. The van der Waals surface area contributed by atoms with Crippen LogP contribution in [-0.4, -0.2) is 31.5 Å². The zero-order chi connectivity index (χ0) is 8.32. The first-order chi connectivity index (χ1) is 5.12. The normalized spacial score (nSPS) is 30.4. The number of carbonyl (C=O) groups excluding carboxylic acids is 1. The van der Waals surface area contributed by atoms with E-state index in [1.807, 2.05) is 0 Å². The first-order valence-electron chi connectivity index (χ1n) is 3.52. The van der Waals surface area contributed by atoms with Crippen LogP contribution < -0.4 is 0 Å². The van der Waals surface area contributed by atoms with E-state index in [9.17, 15) is 9.18 Å². The van der Waals surface area contributed by atoms with Crippen molar-refractivity contribution in [2.24, 2.45) is 0 Å². The van der Waals surface area contributed by atoms with Crippen LogP contribution in [0.4, 0.5) is 4.39 Å². The SMILES string of the molecule is CC(=O)OCC1(F)CCOC1. The number of alkyl halides is 1. The van der Waals surface area contributed by atoms with Crippen molar-refractivity contribution in [1.29, 1.82) is 0 Å². The Kier molecular flexibility index (Phi) is 2.44. The van der Waals surface area contributed by atoms with Gasteiger partial charge in [0, 0.05) is 20.0 Å². The molecule has 1 heterocycles. The summed E-state index contributed by atoms with van der Waals surface area (Å²) in [5.74, 6) is -0.450. The van der Waals surface area contributed by atoms with Gasteiger partial charge >= 0.3 is 5.97 Å². The number of ether oxygens (including phenoxy) is 2. The van der Waals surface area contributed by atoms with Crippen molar-refractivity contribution in [3.8, 4) is 0 Å². The van der Waals surface area contributed by atoms with E-state index in [1.54, 1.807) is 0 Å². The van der Waals surface area contributed by atoms with Crippen LogP contribution in [0.3, 0.4) is 0 Å². The summed E-state index contributed by atoms with van der Waals surface area (Å²) in [5, 5.41) is 0. The molecule has 11 heavy (non-hydrogen) atoms. The smallest absolute Gasteiger partial charge is 0.302 e. The van der Waals surface area contributed by atoms with E-state index in [2.05, 4.69) is 4.74 Å². The summed E-state index contributed by atoms with van der Waals surface area (Å²) in [7, 11) is 0. The molecule has 4 heteroatoms. The first-order valence-corrected chi connectivity index (χ1v) is 3.52. The van der Waals surface area contributed by atoms with Crippen LogP contribution in [0.15, 0.2) is 0 Å². The van der Waals surface area contributed by atoms with Gasteiger partial charge in [-0.25, -0.2) is 4.39 Å². The summed E-state index contributed by atoms with van der Waals surface area (Å²) in [6.07, 6.45) is 0.320. The summed E-state index contributed by atoms with van der Waals surface area (Å²) in [5.41, 5.74) is -1.44. The minimum Gasteiger partial charge on any atom is -0.462 e. The Bertz CT molecular complexity index is 152. The number of rotatable bonds is 2. The van der Waals surface area contributed by atoms with Gasteiger partial charge in [-0.1, -0.05) is 0 Å². The van der Waals surface area contributed by atoms with Crippen LogP contribution >= 0.6 is 0 Å².